The topological polar surface area (TPSA) is 57.9 Å². The lowest BCUT2D eigenvalue weighted by Crippen LogP contribution is -2.28. The van der Waals surface area contributed by atoms with Crippen LogP contribution in [0.1, 0.15) is 31.9 Å². The van der Waals surface area contributed by atoms with E-state index in [1.807, 2.05) is 0 Å². The second-order valence-corrected chi connectivity index (χ2v) is 8.55. The number of sulfone groups is 1. The van der Waals surface area contributed by atoms with Gasteiger partial charge in [-0.25, -0.2) is 8.42 Å². The van der Waals surface area contributed by atoms with Gasteiger partial charge in [0.15, 0.2) is 9.84 Å². The van der Waals surface area contributed by atoms with Crippen molar-refractivity contribution in [3.63, 3.8) is 0 Å². The maximum absolute atomic E-state index is 12.6. The molecule has 0 saturated carbocycles. The molecular formula is C14H13ClF3NO2S. The van der Waals surface area contributed by atoms with E-state index in [0.717, 1.165) is 18.2 Å². The maximum Gasteiger partial charge on any atom is 0.416 e. The number of rotatable bonds is 2. The van der Waals surface area contributed by atoms with Crippen molar-refractivity contribution in [2.24, 2.45) is 0 Å². The first kappa shape index (κ1) is 18.5. The molecule has 0 radical (unpaired) electrons. The minimum absolute atomic E-state index is 0.0269. The molecule has 0 unspecified atom stereocenters. The summed E-state index contributed by atoms with van der Waals surface area (Å²) in [5.41, 5.74) is -0.925. The van der Waals surface area contributed by atoms with E-state index in [2.05, 4.69) is 0 Å². The summed E-state index contributed by atoms with van der Waals surface area (Å²) in [6, 6.07) is 4.05. The molecule has 120 valence electrons. The zero-order valence-electron chi connectivity index (χ0n) is 12.0. The number of hydrogen-bond donors (Lipinski definition) is 0. The van der Waals surface area contributed by atoms with Gasteiger partial charge in [-0.1, -0.05) is 17.7 Å². The molecule has 0 bridgehead atoms. The minimum atomic E-state index is -4.55. The summed E-state index contributed by atoms with van der Waals surface area (Å²) in [4.78, 5) is -0.554. The van der Waals surface area contributed by atoms with E-state index in [-0.39, 0.29) is 10.6 Å². The molecule has 1 aromatic carbocycles. The van der Waals surface area contributed by atoms with Crippen LogP contribution in [-0.2, 0) is 16.0 Å². The first-order valence-corrected chi connectivity index (χ1v) is 7.90. The molecule has 0 aliphatic rings. The Balaban J connectivity index is 3.42. The van der Waals surface area contributed by atoms with Gasteiger partial charge in [0.1, 0.15) is 11.0 Å². The third kappa shape index (κ3) is 3.81. The Labute approximate surface area is 131 Å². The van der Waals surface area contributed by atoms with Crippen molar-refractivity contribution in [1.29, 1.82) is 5.26 Å². The molecule has 1 aromatic rings. The Kier molecular flexibility index (Phi) is 5.00. The molecule has 0 heterocycles. The highest BCUT2D eigenvalue weighted by Crippen LogP contribution is 2.33. The molecule has 0 amide bonds. The average Bonchev–Trinajstić information content (AvgIpc) is 2.34. The Morgan fingerprint density at radius 3 is 2.18 bits per heavy atom. The van der Waals surface area contributed by atoms with Crippen molar-refractivity contribution in [3.8, 4) is 6.07 Å². The zero-order chi connectivity index (χ0) is 17.3. The molecule has 0 saturated heterocycles. The zero-order valence-corrected chi connectivity index (χ0v) is 13.6. The first-order valence-electron chi connectivity index (χ1n) is 6.04. The molecule has 0 aromatic heterocycles. The number of hydrogen-bond acceptors (Lipinski definition) is 3. The average molecular weight is 352 g/mol. The third-order valence-electron chi connectivity index (χ3n) is 2.82. The molecule has 8 heteroatoms. The summed E-state index contributed by atoms with van der Waals surface area (Å²) in [7, 11) is -3.92. The van der Waals surface area contributed by atoms with Crippen LogP contribution < -0.4 is 0 Å². The number of allylic oxidation sites excluding steroid dienone is 1. The number of benzene rings is 1. The summed E-state index contributed by atoms with van der Waals surface area (Å²) in [5.74, 6) is 0. The predicted molar refractivity (Wildman–Crippen MR) is 78.7 cm³/mol. The summed E-state index contributed by atoms with van der Waals surface area (Å²) >= 11 is 5.75. The van der Waals surface area contributed by atoms with E-state index >= 15 is 0 Å². The van der Waals surface area contributed by atoms with E-state index < -0.39 is 31.2 Å². The van der Waals surface area contributed by atoms with Gasteiger partial charge in [-0.05, 0) is 44.5 Å². The van der Waals surface area contributed by atoms with Gasteiger partial charge in [0.2, 0.25) is 0 Å². The van der Waals surface area contributed by atoms with Gasteiger partial charge < -0.3 is 0 Å². The Morgan fingerprint density at radius 2 is 1.82 bits per heavy atom. The number of nitrogens with zero attached hydrogens (tertiary/aromatic N) is 1. The standard InChI is InChI=1S/C14H13ClF3NO2S/c1-13(2,3)22(20,21)11(8-19)6-9-4-5-10(7-12(9)15)14(16,17)18/h4-7H,1-3H3. The van der Waals surface area contributed by atoms with Crippen LogP contribution in [0.25, 0.3) is 6.08 Å². The molecule has 3 nitrogen and oxygen atoms in total. The fraction of sp³-hybridized carbons (Fsp3) is 0.357. The predicted octanol–water partition coefficient (Wildman–Crippen LogP) is 4.44. The molecule has 0 aliphatic carbocycles. The quantitative estimate of drug-likeness (QED) is 0.740. The SMILES string of the molecule is CC(C)(C)S(=O)(=O)C(C#N)=Cc1ccc(C(F)(F)F)cc1Cl. The highest BCUT2D eigenvalue weighted by Gasteiger charge is 2.34. The van der Waals surface area contributed by atoms with Gasteiger partial charge >= 0.3 is 6.18 Å². The molecule has 0 atom stereocenters. The molecule has 0 fully saturated rings. The van der Waals surface area contributed by atoms with Crippen molar-refractivity contribution in [2.45, 2.75) is 31.7 Å². The van der Waals surface area contributed by atoms with E-state index in [9.17, 15) is 21.6 Å². The molecule has 1 rings (SSSR count). The molecular weight excluding hydrogens is 339 g/mol. The van der Waals surface area contributed by atoms with Gasteiger partial charge in [-0.15, -0.1) is 0 Å². The first-order chi connectivity index (χ1) is 9.80. The van der Waals surface area contributed by atoms with Gasteiger partial charge in [0.25, 0.3) is 0 Å². The number of halogens is 4. The van der Waals surface area contributed by atoms with Gasteiger partial charge in [0.05, 0.1) is 10.3 Å². The van der Waals surface area contributed by atoms with Gasteiger partial charge in [-0.3, -0.25) is 0 Å². The Morgan fingerprint density at radius 1 is 1.27 bits per heavy atom. The molecule has 0 aliphatic heterocycles. The maximum atomic E-state index is 12.6. The van der Waals surface area contributed by atoms with Crippen molar-refractivity contribution >= 4 is 27.5 Å². The normalized spacial score (nSPS) is 13.8. The second-order valence-electron chi connectivity index (χ2n) is 5.47. The molecule has 0 N–H and O–H groups in total. The Bertz CT molecular complexity index is 754. The van der Waals surface area contributed by atoms with Crippen LogP contribution in [0.2, 0.25) is 5.02 Å². The van der Waals surface area contributed by atoms with Crippen LogP contribution in [0.15, 0.2) is 23.1 Å². The second kappa shape index (κ2) is 5.94. The smallest absolute Gasteiger partial charge is 0.222 e. The van der Waals surface area contributed by atoms with E-state index in [1.54, 1.807) is 6.07 Å². The van der Waals surface area contributed by atoms with Crippen molar-refractivity contribution < 1.29 is 21.6 Å². The lowest BCUT2D eigenvalue weighted by Gasteiger charge is -2.18. The van der Waals surface area contributed by atoms with Crippen LogP contribution in [0, 0.1) is 11.3 Å². The van der Waals surface area contributed by atoms with Gasteiger partial charge in [-0.2, -0.15) is 18.4 Å². The third-order valence-corrected chi connectivity index (χ3v) is 5.55. The largest absolute Gasteiger partial charge is 0.416 e. The van der Waals surface area contributed by atoms with Gasteiger partial charge in [0, 0.05) is 5.02 Å². The highest BCUT2D eigenvalue weighted by molar-refractivity contribution is 7.97. The fourth-order valence-corrected chi connectivity index (χ4v) is 2.76. The lowest BCUT2D eigenvalue weighted by molar-refractivity contribution is -0.137. The van der Waals surface area contributed by atoms with Crippen molar-refractivity contribution in [3.05, 3.63) is 39.3 Å². The summed E-state index contributed by atoms with van der Waals surface area (Å²) in [6.45, 7) is 4.26. The van der Waals surface area contributed by atoms with Crippen molar-refractivity contribution in [1.82, 2.24) is 0 Å². The number of alkyl halides is 3. The van der Waals surface area contributed by atoms with Crippen LogP contribution in [0.3, 0.4) is 0 Å². The summed E-state index contributed by atoms with van der Waals surface area (Å²) in [5, 5.41) is 8.76. The van der Waals surface area contributed by atoms with Crippen LogP contribution in [0.4, 0.5) is 13.2 Å². The molecule has 0 spiro atoms. The van der Waals surface area contributed by atoms with Crippen LogP contribution >= 0.6 is 11.6 Å². The van der Waals surface area contributed by atoms with Crippen LogP contribution in [0.5, 0.6) is 0 Å². The fourth-order valence-electron chi connectivity index (χ4n) is 1.46. The van der Waals surface area contributed by atoms with E-state index in [4.69, 9.17) is 16.9 Å². The Hall–Kier alpha value is -1.52. The number of nitriles is 1. The highest BCUT2D eigenvalue weighted by atomic mass is 35.5. The van der Waals surface area contributed by atoms with Crippen molar-refractivity contribution in [2.75, 3.05) is 0 Å². The lowest BCUT2D eigenvalue weighted by atomic mass is 10.1. The molecule has 22 heavy (non-hydrogen) atoms. The van der Waals surface area contributed by atoms with E-state index in [1.165, 1.54) is 20.8 Å². The minimum Gasteiger partial charge on any atom is -0.222 e. The summed E-state index contributed by atoms with van der Waals surface area (Å²) < 4.78 is 60.9. The van der Waals surface area contributed by atoms with Crippen LogP contribution in [-0.4, -0.2) is 13.2 Å². The monoisotopic (exact) mass is 351 g/mol. The summed E-state index contributed by atoms with van der Waals surface area (Å²) in [6.07, 6.45) is -3.58. The van der Waals surface area contributed by atoms with E-state index in [0.29, 0.717) is 6.07 Å².